The van der Waals surface area contributed by atoms with Gasteiger partial charge in [0.15, 0.2) is 11.5 Å². The fraction of sp³-hybridized carbons (Fsp3) is 0.545. The van der Waals surface area contributed by atoms with E-state index in [1.54, 1.807) is 6.20 Å². The normalized spacial score (nSPS) is 15.4. The molecule has 1 aliphatic heterocycles. The zero-order valence-electron chi connectivity index (χ0n) is 9.89. The van der Waals surface area contributed by atoms with Crippen LogP contribution < -0.4 is 16.0 Å². The summed E-state index contributed by atoms with van der Waals surface area (Å²) >= 11 is 0. The SMILES string of the molecule is CCCN(c1nccnc1C(N)=O)C1CNC1. The van der Waals surface area contributed by atoms with Gasteiger partial charge < -0.3 is 16.0 Å². The van der Waals surface area contributed by atoms with Crippen LogP contribution in [-0.2, 0) is 0 Å². The molecule has 0 aromatic carbocycles. The van der Waals surface area contributed by atoms with E-state index < -0.39 is 5.91 Å². The van der Waals surface area contributed by atoms with Gasteiger partial charge in [0.2, 0.25) is 0 Å². The quantitative estimate of drug-likeness (QED) is 0.736. The van der Waals surface area contributed by atoms with E-state index in [0.717, 1.165) is 26.1 Å². The standard InChI is InChI=1S/C11H17N5O/c1-2-5-16(8-6-13-7-8)11-9(10(12)17)14-3-4-15-11/h3-4,8,13H,2,5-7H2,1H3,(H2,12,17). The number of nitrogens with two attached hydrogens (primary N) is 1. The van der Waals surface area contributed by atoms with E-state index in [9.17, 15) is 4.79 Å². The topological polar surface area (TPSA) is 84.1 Å². The smallest absolute Gasteiger partial charge is 0.271 e. The summed E-state index contributed by atoms with van der Waals surface area (Å²) in [6, 6.07) is 0.379. The number of anilines is 1. The number of carbonyl (C=O) groups excluding carboxylic acids is 1. The first kappa shape index (κ1) is 11.8. The molecule has 0 atom stereocenters. The van der Waals surface area contributed by atoms with Crippen LogP contribution in [0, 0.1) is 0 Å². The van der Waals surface area contributed by atoms with Crippen LogP contribution in [0.25, 0.3) is 0 Å². The van der Waals surface area contributed by atoms with E-state index in [-0.39, 0.29) is 5.69 Å². The monoisotopic (exact) mass is 235 g/mol. The van der Waals surface area contributed by atoms with Gasteiger partial charge in [-0.05, 0) is 6.42 Å². The number of nitrogens with one attached hydrogen (secondary N) is 1. The van der Waals surface area contributed by atoms with Gasteiger partial charge in [-0.15, -0.1) is 0 Å². The van der Waals surface area contributed by atoms with Gasteiger partial charge in [-0.2, -0.15) is 0 Å². The van der Waals surface area contributed by atoms with E-state index in [0.29, 0.717) is 11.9 Å². The predicted octanol–water partition coefficient (Wildman–Crippen LogP) is -0.236. The molecule has 0 spiro atoms. The second kappa shape index (κ2) is 5.09. The van der Waals surface area contributed by atoms with Crippen molar-refractivity contribution in [1.29, 1.82) is 0 Å². The van der Waals surface area contributed by atoms with Crippen molar-refractivity contribution in [2.24, 2.45) is 5.73 Å². The Morgan fingerprint density at radius 2 is 2.24 bits per heavy atom. The van der Waals surface area contributed by atoms with Gasteiger partial charge in [-0.1, -0.05) is 6.92 Å². The minimum absolute atomic E-state index is 0.257. The van der Waals surface area contributed by atoms with Gasteiger partial charge in [0.25, 0.3) is 5.91 Å². The Morgan fingerprint density at radius 1 is 1.53 bits per heavy atom. The Bertz CT molecular complexity index is 405. The van der Waals surface area contributed by atoms with Crippen molar-refractivity contribution in [2.45, 2.75) is 19.4 Å². The second-order valence-electron chi connectivity index (χ2n) is 4.10. The van der Waals surface area contributed by atoms with Crippen molar-refractivity contribution in [1.82, 2.24) is 15.3 Å². The number of rotatable bonds is 5. The van der Waals surface area contributed by atoms with Crippen LogP contribution in [0.4, 0.5) is 5.82 Å². The molecule has 2 heterocycles. The van der Waals surface area contributed by atoms with Crippen LogP contribution in [0.3, 0.4) is 0 Å². The van der Waals surface area contributed by atoms with Crippen LogP contribution in [0.2, 0.25) is 0 Å². The molecular formula is C11H17N5O. The third-order valence-corrected chi connectivity index (χ3v) is 2.85. The zero-order chi connectivity index (χ0) is 12.3. The number of carbonyl (C=O) groups is 1. The number of amides is 1. The second-order valence-corrected chi connectivity index (χ2v) is 4.10. The van der Waals surface area contributed by atoms with Crippen LogP contribution in [0.1, 0.15) is 23.8 Å². The van der Waals surface area contributed by atoms with Crippen LogP contribution in [0.15, 0.2) is 12.4 Å². The van der Waals surface area contributed by atoms with E-state index in [2.05, 4.69) is 27.1 Å². The highest BCUT2D eigenvalue weighted by Gasteiger charge is 2.28. The number of aromatic nitrogens is 2. The lowest BCUT2D eigenvalue weighted by Gasteiger charge is -2.39. The molecule has 0 unspecified atom stereocenters. The molecule has 1 aromatic heterocycles. The Hall–Kier alpha value is -1.69. The summed E-state index contributed by atoms with van der Waals surface area (Å²) in [4.78, 5) is 21.7. The molecule has 0 radical (unpaired) electrons. The predicted molar refractivity (Wildman–Crippen MR) is 64.8 cm³/mol. The molecule has 1 aliphatic rings. The fourth-order valence-electron chi connectivity index (χ4n) is 1.91. The van der Waals surface area contributed by atoms with Gasteiger partial charge in [-0.3, -0.25) is 4.79 Å². The van der Waals surface area contributed by atoms with Gasteiger partial charge in [0, 0.05) is 32.0 Å². The minimum atomic E-state index is -0.526. The first-order valence-electron chi connectivity index (χ1n) is 5.82. The Labute approximate surface area is 100 Å². The molecule has 17 heavy (non-hydrogen) atoms. The third kappa shape index (κ3) is 2.36. The van der Waals surface area contributed by atoms with Gasteiger partial charge in [0.05, 0.1) is 6.04 Å². The van der Waals surface area contributed by atoms with Crippen molar-refractivity contribution >= 4 is 11.7 Å². The number of hydrogen-bond donors (Lipinski definition) is 2. The van der Waals surface area contributed by atoms with Crippen molar-refractivity contribution in [3.63, 3.8) is 0 Å². The molecule has 2 rings (SSSR count). The van der Waals surface area contributed by atoms with Gasteiger partial charge >= 0.3 is 0 Å². The summed E-state index contributed by atoms with van der Waals surface area (Å²) < 4.78 is 0. The van der Waals surface area contributed by atoms with E-state index in [4.69, 9.17) is 5.73 Å². The minimum Gasteiger partial charge on any atom is -0.364 e. The summed E-state index contributed by atoms with van der Waals surface area (Å²) in [5.41, 5.74) is 5.58. The summed E-state index contributed by atoms with van der Waals surface area (Å²) in [6.07, 6.45) is 4.08. The molecule has 3 N–H and O–H groups in total. The molecule has 1 amide bonds. The molecule has 1 fully saturated rings. The lowest BCUT2D eigenvalue weighted by Crippen LogP contribution is -2.58. The summed E-state index contributed by atoms with van der Waals surface area (Å²) in [6.45, 7) is 4.77. The highest BCUT2D eigenvalue weighted by molar-refractivity contribution is 5.95. The maximum Gasteiger partial charge on any atom is 0.271 e. The Balaban J connectivity index is 2.30. The van der Waals surface area contributed by atoms with Crippen LogP contribution >= 0.6 is 0 Å². The van der Waals surface area contributed by atoms with Crippen molar-refractivity contribution in [2.75, 3.05) is 24.5 Å². The first-order valence-corrected chi connectivity index (χ1v) is 5.82. The van der Waals surface area contributed by atoms with E-state index >= 15 is 0 Å². The van der Waals surface area contributed by atoms with Crippen LogP contribution in [-0.4, -0.2) is 41.6 Å². The molecule has 0 saturated carbocycles. The number of primary amides is 1. The summed E-state index contributed by atoms with van der Waals surface area (Å²) in [7, 11) is 0. The average Bonchev–Trinajstić information content (AvgIpc) is 2.26. The van der Waals surface area contributed by atoms with Crippen molar-refractivity contribution in [3.8, 4) is 0 Å². The highest BCUT2D eigenvalue weighted by Crippen LogP contribution is 2.19. The molecule has 1 aromatic rings. The maximum absolute atomic E-state index is 11.3. The van der Waals surface area contributed by atoms with Crippen LogP contribution in [0.5, 0.6) is 0 Å². The number of nitrogens with zero attached hydrogens (tertiary/aromatic N) is 3. The van der Waals surface area contributed by atoms with E-state index in [1.807, 2.05) is 0 Å². The third-order valence-electron chi connectivity index (χ3n) is 2.85. The lowest BCUT2D eigenvalue weighted by atomic mass is 10.1. The molecule has 92 valence electrons. The average molecular weight is 235 g/mol. The molecule has 0 aliphatic carbocycles. The summed E-state index contributed by atoms with van der Waals surface area (Å²) in [5.74, 6) is 0.0786. The van der Waals surface area contributed by atoms with Gasteiger partial charge in [-0.25, -0.2) is 9.97 Å². The highest BCUT2D eigenvalue weighted by atomic mass is 16.1. The first-order chi connectivity index (χ1) is 8.24. The summed E-state index contributed by atoms with van der Waals surface area (Å²) in [5, 5.41) is 3.21. The molecule has 6 heteroatoms. The Kier molecular flexibility index (Phi) is 3.53. The molecule has 0 bridgehead atoms. The van der Waals surface area contributed by atoms with E-state index in [1.165, 1.54) is 6.20 Å². The lowest BCUT2D eigenvalue weighted by molar-refractivity contribution is 0.0995. The van der Waals surface area contributed by atoms with Crippen molar-refractivity contribution < 1.29 is 4.79 Å². The van der Waals surface area contributed by atoms with Gasteiger partial charge in [0.1, 0.15) is 0 Å². The zero-order valence-corrected chi connectivity index (χ0v) is 9.89. The largest absolute Gasteiger partial charge is 0.364 e. The van der Waals surface area contributed by atoms with Crippen molar-refractivity contribution in [3.05, 3.63) is 18.1 Å². The Morgan fingerprint density at radius 3 is 2.76 bits per heavy atom. The molecule has 6 nitrogen and oxygen atoms in total. The fourth-order valence-corrected chi connectivity index (χ4v) is 1.91. The number of hydrogen-bond acceptors (Lipinski definition) is 5. The molecular weight excluding hydrogens is 218 g/mol. The molecule has 1 saturated heterocycles. The maximum atomic E-state index is 11.3.